The Morgan fingerprint density at radius 3 is 1.40 bits per heavy atom. The molecule has 50 heavy (non-hydrogen) atoms. The Morgan fingerprint density at radius 1 is 0.600 bits per heavy atom. The number of carbonyl (C=O) groups is 4. The number of hydrogen-bond acceptors (Lipinski definition) is 6. The second kappa shape index (κ2) is 12.7. The Labute approximate surface area is 300 Å². The van der Waals surface area contributed by atoms with E-state index in [0.717, 1.165) is 64.2 Å². The van der Waals surface area contributed by atoms with Crippen molar-refractivity contribution in [3.63, 3.8) is 0 Å². The first kappa shape index (κ1) is 34.8. The lowest BCUT2D eigenvalue weighted by Gasteiger charge is -2.58. The summed E-state index contributed by atoms with van der Waals surface area (Å²) in [4.78, 5) is 51.2. The van der Waals surface area contributed by atoms with Gasteiger partial charge < -0.3 is 9.47 Å². The maximum absolute atomic E-state index is 13.4. The first-order chi connectivity index (χ1) is 23.8. The zero-order valence-electron chi connectivity index (χ0n) is 31.6. The van der Waals surface area contributed by atoms with Gasteiger partial charge in [0.1, 0.15) is 12.2 Å². The van der Waals surface area contributed by atoms with E-state index in [4.69, 9.17) is 9.47 Å². The van der Waals surface area contributed by atoms with Crippen molar-refractivity contribution >= 4 is 23.5 Å². The van der Waals surface area contributed by atoms with E-state index >= 15 is 0 Å². The van der Waals surface area contributed by atoms with Gasteiger partial charge in [0.25, 0.3) is 0 Å². The molecule has 0 aromatic heterocycles. The maximum atomic E-state index is 13.4. The Morgan fingerprint density at radius 2 is 1.00 bits per heavy atom. The zero-order chi connectivity index (χ0) is 35.3. The van der Waals surface area contributed by atoms with Gasteiger partial charge in [-0.2, -0.15) is 0 Å². The molecule has 6 saturated carbocycles. The molecule has 274 valence electrons. The molecule has 8 aliphatic carbocycles. The molecule has 6 heteroatoms. The topological polar surface area (TPSA) is 86.7 Å². The maximum Gasteiger partial charge on any atom is 0.306 e. The van der Waals surface area contributed by atoms with Gasteiger partial charge in [-0.15, -0.1) is 0 Å². The number of esters is 2. The Hall–Kier alpha value is -2.24. The van der Waals surface area contributed by atoms with Gasteiger partial charge in [-0.25, -0.2) is 0 Å². The third-order valence-corrected chi connectivity index (χ3v) is 16.8. The predicted octanol–water partition coefficient (Wildman–Crippen LogP) is 8.86. The summed E-state index contributed by atoms with van der Waals surface area (Å²) in [5.41, 5.74) is 2.72. The number of ether oxygens (including phenoxy) is 2. The third-order valence-electron chi connectivity index (χ3n) is 16.8. The molecule has 6 fully saturated rings. The minimum absolute atomic E-state index is 0.0420. The van der Waals surface area contributed by atoms with Gasteiger partial charge in [-0.3, -0.25) is 19.2 Å². The molecule has 8 unspecified atom stereocenters. The molecule has 0 radical (unpaired) electrons. The van der Waals surface area contributed by atoms with Crippen LogP contribution in [0.1, 0.15) is 131 Å². The van der Waals surface area contributed by atoms with Crippen LogP contribution in [0.15, 0.2) is 23.3 Å². The lowest BCUT2D eigenvalue weighted by molar-refractivity contribution is -0.169. The second-order valence-electron chi connectivity index (χ2n) is 19.5. The van der Waals surface area contributed by atoms with E-state index in [1.54, 1.807) is 0 Å². The fraction of sp³-hybridized carbons (Fsp3) is 0.818. The Kier molecular flexibility index (Phi) is 8.85. The largest absolute Gasteiger partial charge is 0.462 e. The number of fused-ring (bicyclic) bond motifs is 10. The molecule has 0 aromatic carbocycles. The number of rotatable bonds is 5. The summed E-state index contributed by atoms with van der Waals surface area (Å²) in [5.74, 6) is 6.80. The fourth-order valence-corrected chi connectivity index (χ4v) is 15.2. The van der Waals surface area contributed by atoms with Crippen molar-refractivity contribution in [2.75, 3.05) is 0 Å². The lowest BCUT2D eigenvalue weighted by Crippen LogP contribution is -2.54. The van der Waals surface area contributed by atoms with Gasteiger partial charge in [-0.1, -0.05) is 52.7 Å². The van der Waals surface area contributed by atoms with E-state index in [1.165, 1.54) is 11.1 Å². The number of carbonyl (C=O) groups excluding carboxylic acids is 4. The van der Waals surface area contributed by atoms with Gasteiger partial charge in [0, 0.05) is 23.7 Å². The van der Waals surface area contributed by atoms with Crippen molar-refractivity contribution < 1.29 is 28.7 Å². The van der Waals surface area contributed by atoms with Crippen LogP contribution in [0.5, 0.6) is 0 Å². The van der Waals surface area contributed by atoms with Gasteiger partial charge in [0.2, 0.25) is 0 Å². The summed E-state index contributed by atoms with van der Waals surface area (Å²) in [7, 11) is 0. The van der Waals surface area contributed by atoms with Gasteiger partial charge in [0.05, 0.1) is 12.8 Å². The van der Waals surface area contributed by atoms with Crippen LogP contribution < -0.4 is 0 Å². The van der Waals surface area contributed by atoms with Crippen LogP contribution in [0.25, 0.3) is 0 Å². The summed E-state index contributed by atoms with van der Waals surface area (Å²) >= 11 is 0. The van der Waals surface area contributed by atoms with Crippen molar-refractivity contribution in [3.8, 4) is 0 Å². The van der Waals surface area contributed by atoms with Crippen molar-refractivity contribution in [3.05, 3.63) is 23.3 Å². The predicted molar refractivity (Wildman–Crippen MR) is 191 cm³/mol. The molecule has 0 amide bonds. The molecule has 0 bridgehead atoms. The fourth-order valence-electron chi connectivity index (χ4n) is 15.2. The average Bonchev–Trinajstić information content (AvgIpc) is 3.54. The van der Waals surface area contributed by atoms with E-state index < -0.39 is 0 Å². The molecule has 0 saturated heterocycles. The van der Waals surface area contributed by atoms with Gasteiger partial charge in [-0.05, 0) is 147 Å². The summed E-state index contributed by atoms with van der Waals surface area (Å²) in [6, 6.07) is 0. The lowest BCUT2D eigenvalue weighted by atomic mass is 9.47. The van der Waals surface area contributed by atoms with Crippen molar-refractivity contribution in [1.29, 1.82) is 0 Å². The minimum atomic E-state index is -0.258. The first-order valence-corrected chi connectivity index (χ1v) is 20.6. The standard InChI is InChI=1S/C44H62O6/c1-23-17-27-19-29(45)7-9-31(27)39-25(3)21-43(5)33(41(23)39)11-13-35(43)49-37(47)15-16-38(48)50-36-14-12-34-42-24(2)18-28-20-30(46)8-10-32(28)40(42)26(4)22-44(34,36)6/h19-20,23-26,31-36,39-42H,7-18,21-22H2,1-6H3/t23-,24-,25+,26+,31?,32?,33?,34?,35+,36+,39?,40?,41?,42?,43+,44+/m1/s1. The van der Waals surface area contributed by atoms with Crippen molar-refractivity contribution in [2.45, 2.75) is 144 Å². The van der Waals surface area contributed by atoms with Gasteiger partial charge >= 0.3 is 11.9 Å². The Bertz CT molecular complexity index is 1380. The van der Waals surface area contributed by atoms with Crippen molar-refractivity contribution in [1.82, 2.24) is 0 Å². The van der Waals surface area contributed by atoms with E-state index in [1.807, 2.05) is 12.2 Å². The van der Waals surface area contributed by atoms with Crippen molar-refractivity contribution in [2.24, 2.45) is 81.8 Å². The first-order valence-electron chi connectivity index (χ1n) is 20.6. The molecule has 0 aromatic rings. The molecule has 8 aliphatic rings. The summed E-state index contributed by atoms with van der Waals surface area (Å²) < 4.78 is 12.6. The Balaban J connectivity index is 0.875. The third kappa shape index (κ3) is 5.53. The summed E-state index contributed by atoms with van der Waals surface area (Å²) in [6.45, 7) is 14.3. The zero-order valence-corrected chi connectivity index (χ0v) is 31.6. The molecular formula is C44H62O6. The van der Waals surface area contributed by atoms with E-state index in [2.05, 4.69) is 41.5 Å². The van der Waals surface area contributed by atoms with Crippen LogP contribution in [0.4, 0.5) is 0 Å². The molecule has 0 aliphatic heterocycles. The summed E-state index contributed by atoms with van der Waals surface area (Å²) in [5, 5.41) is 0. The normalized spacial score (nSPS) is 49.2. The molecule has 16 atom stereocenters. The van der Waals surface area contributed by atoms with Crippen LogP contribution in [-0.4, -0.2) is 35.7 Å². The van der Waals surface area contributed by atoms with E-state index in [0.29, 0.717) is 95.4 Å². The molecule has 6 nitrogen and oxygen atoms in total. The minimum Gasteiger partial charge on any atom is -0.462 e. The molecule has 0 spiro atoms. The van der Waals surface area contributed by atoms with Crippen LogP contribution >= 0.6 is 0 Å². The van der Waals surface area contributed by atoms with Crippen LogP contribution in [-0.2, 0) is 28.7 Å². The highest BCUT2D eigenvalue weighted by molar-refractivity contribution is 5.91. The molecule has 0 heterocycles. The number of hydrogen-bond donors (Lipinski definition) is 0. The SMILES string of the molecule is C[C@@H]1CC2=CC(=O)CCC2C2C1C1CC[C@H](OC(=O)CCC(=O)O[C@H]3CCC4C5C(C6CCC(=O)C=C6C[C@H]5C)[C@@H](C)C[C@@]43C)[C@@]1(C)C[C@@H]2C. The van der Waals surface area contributed by atoms with Crippen LogP contribution in [0.2, 0.25) is 0 Å². The highest BCUT2D eigenvalue weighted by atomic mass is 16.6. The smallest absolute Gasteiger partial charge is 0.306 e. The number of ketones is 2. The number of allylic oxidation sites excluding steroid dienone is 2. The van der Waals surface area contributed by atoms with Crippen LogP contribution in [0.3, 0.4) is 0 Å². The highest BCUT2D eigenvalue weighted by Gasteiger charge is 2.62. The van der Waals surface area contributed by atoms with E-state index in [-0.39, 0.29) is 47.8 Å². The van der Waals surface area contributed by atoms with E-state index in [9.17, 15) is 19.2 Å². The average molecular weight is 687 g/mol. The summed E-state index contributed by atoms with van der Waals surface area (Å²) in [6.07, 6.45) is 15.5. The molecule has 0 N–H and O–H groups in total. The molecular weight excluding hydrogens is 624 g/mol. The highest BCUT2D eigenvalue weighted by Crippen LogP contribution is 2.67. The van der Waals surface area contributed by atoms with Crippen LogP contribution in [0, 0.1) is 81.8 Å². The monoisotopic (exact) mass is 686 g/mol. The molecule has 8 rings (SSSR count). The second-order valence-corrected chi connectivity index (χ2v) is 19.5. The van der Waals surface area contributed by atoms with Gasteiger partial charge in [0.15, 0.2) is 11.6 Å². The quantitative estimate of drug-likeness (QED) is 0.269.